The van der Waals surface area contributed by atoms with Gasteiger partial charge in [-0.05, 0) is 29.7 Å². The van der Waals surface area contributed by atoms with E-state index in [2.05, 4.69) is 29.4 Å². The van der Waals surface area contributed by atoms with E-state index in [1.807, 2.05) is 30.3 Å². The first kappa shape index (κ1) is 15.9. The second-order valence-corrected chi connectivity index (χ2v) is 6.05. The van der Waals surface area contributed by atoms with Crippen LogP contribution in [0.25, 0.3) is 10.8 Å². The van der Waals surface area contributed by atoms with Gasteiger partial charge in [0.05, 0.1) is 17.5 Å². The zero-order chi connectivity index (χ0) is 17.1. The lowest BCUT2D eigenvalue weighted by molar-refractivity contribution is -0.115. The van der Waals surface area contributed by atoms with E-state index >= 15 is 0 Å². The molecule has 0 aliphatic rings. The zero-order valence-electron chi connectivity index (χ0n) is 13.7. The van der Waals surface area contributed by atoms with Crippen LogP contribution >= 0.6 is 0 Å². The van der Waals surface area contributed by atoms with Gasteiger partial charge >= 0.3 is 0 Å². The Morgan fingerprint density at radius 1 is 1.08 bits per heavy atom. The van der Waals surface area contributed by atoms with Gasteiger partial charge in [0.25, 0.3) is 5.56 Å². The van der Waals surface area contributed by atoms with Crippen LogP contribution in [0.3, 0.4) is 0 Å². The number of aromatic nitrogens is 2. The van der Waals surface area contributed by atoms with Crippen LogP contribution < -0.4 is 10.9 Å². The predicted octanol–water partition coefficient (Wildman–Crippen LogP) is 3.23. The zero-order valence-corrected chi connectivity index (χ0v) is 13.7. The molecule has 0 fully saturated rings. The first-order valence-corrected chi connectivity index (χ1v) is 7.90. The summed E-state index contributed by atoms with van der Waals surface area (Å²) in [6.45, 7) is 4.25. The average Bonchev–Trinajstić information content (AvgIpc) is 2.58. The van der Waals surface area contributed by atoms with Crippen molar-refractivity contribution in [3.05, 3.63) is 70.1 Å². The van der Waals surface area contributed by atoms with Gasteiger partial charge in [0, 0.05) is 11.1 Å². The second-order valence-electron chi connectivity index (χ2n) is 6.05. The number of nitrogens with zero attached hydrogens (tertiary/aromatic N) is 1. The molecule has 0 aliphatic carbocycles. The van der Waals surface area contributed by atoms with Crippen LogP contribution in [-0.2, 0) is 11.2 Å². The fraction of sp³-hybridized carbons (Fsp3) is 0.211. The molecule has 3 rings (SSSR count). The number of anilines is 1. The molecule has 2 aromatic carbocycles. The highest BCUT2D eigenvalue weighted by atomic mass is 16.1. The van der Waals surface area contributed by atoms with E-state index in [0.717, 1.165) is 5.69 Å². The van der Waals surface area contributed by atoms with E-state index in [9.17, 15) is 9.59 Å². The van der Waals surface area contributed by atoms with Crippen molar-refractivity contribution >= 4 is 22.4 Å². The number of benzene rings is 2. The maximum absolute atomic E-state index is 12.3. The highest BCUT2D eigenvalue weighted by Crippen LogP contribution is 2.18. The molecule has 122 valence electrons. The first-order valence-electron chi connectivity index (χ1n) is 7.90. The van der Waals surface area contributed by atoms with Gasteiger partial charge in [-0.3, -0.25) is 9.59 Å². The van der Waals surface area contributed by atoms with E-state index in [4.69, 9.17) is 0 Å². The monoisotopic (exact) mass is 321 g/mol. The molecule has 3 aromatic rings. The number of aromatic amines is 1. The normalized spacial score (nSPS) is 11.0. The van der Waals surface area contributed by atoms with Crippen molar-refractivity contribution in [2.45, 2.75) is 26.2 Å². The molecule has 5 nitrogen and oxygen atoms in total. The summed E-state index contributed by atoms with van der Waals surface area (Å²) in [4.78, 5) is 24.1. The minimum Gasteiger partial charge on any atom is -0.326 e. The van der Waals surface area contributed by atoms with Crippen LogP contribution in [0.2, 0.25) is 0 Å². The van der Waals surface area contributed by atoms with Gasteiger partial charge in [-0.1, -0.05) is 44.2 Å². The van der Waals surface area contributed by atoms with Crippen LogP contribution in [-0.4, -0.2) is 16.1 Å². The van der Waals surface area contributed by atoms with Crippen molar-refractivity contribution < 1.29 is 4.79 Å². The van der Waals surface area contributed by atoms with Crippen LogP contribution in [0.4, 0.5) is 5.69 Å². The lowest BCUT2D eigenvalue weighted by Crippen LogP contribution is -2.18. The van der Waals surface area contributed by atoms with Crippen LogP contribution in [0, 0.1) is 0 Å². The third-order valence-corrected chi connectivity index (χ3v) is 3.96. The van der Waals surface area contributed by atoms with Gasteiger partial charge in [-0.2, -0.15) is 5.10 Å². The van der Waals surface area contributed by atoms with Crippen molar-refractivity contribution in [3.63, 3.8) is 0 Å². The van der Waals surface area contributed by atoms with Gasteiger partial charge in [0.1, 0.15) is 0 Å². The van der Waals surface area contributed by atoms with Gasteiger partial charge in [-0.25, -0.2) is 5.10 Å². The third-order valence-electron chi connectivity index (χ3n) is 3.96. The van der Waals surface area contributed by atoms with Gasteiger partial charge in [-0.15, -0.1) is 0 Å². The highest BCUT2D eigenvalue weighted by molar-refractivity contribution is 5.95. The summed E-state index contributed by atoms with van der Waals surface area (Å²) >= 11 is 0. The van der Waals surface area contributed by atoms with Crippen LogP contribution in [0.5, 0.6) is 0 Å². The maximum atomic E-state index is 12.3. The Labute approximate surface area is 139 Å². The summed E-state index contributed by atoms with van der Waals surface area (Å²) in [5, 5.41) is 10.6. The summed E-state index contributed by atoms with van der Waals surface area (Å²) in [5.74, 6) is 0.281. The number of nitrogens with one attached hydrogen (secondary N) is 2. The number of rotatable bonds is 4. The van der Waals surface area contributed by atoms with E-state index in [1.54, 1.807) is 18.2 Å². The van der Waals surface area contributed by atoms with E-state index in [0.29, 0.717) is 22.4 Å². The van der Waals surface area contributed by atoms with Gasteiger partial charge in [0.15, 0.2) is 0 Å². The summed E-state index contributed by atoms with van der Waals surface area (Å²) in [7, 11) is 0. The Kier molecular flexibility index (Phi) is 4.42. The lowest BCUT2D eigenvalue weighted by atomic mass is 10.0. The summed E-state index contributed by atoms with van der Waals surface area (Å²) in [6.07, 6.45) is 0.100. The number of fused-ring (bicyclic) bond motifs is 1. The van der Waals surface area contributed by atoms with E-state index in [1.165, 1.54) is 5.56 Å². The minimum absolute atomic E-state index is 0.100. The predicted molar refractivity (Wildman–Crippen MR) is 95.2 cm³/mol. The molecule has 1 amide bonds. The van der Waals surface area contributed by atoms with Crippen molar-refractivity contribution in [3.8, 4) is 0 Å². The summed E-state index contributed by atoms with van der Waals surface area (Å²) in [6, 6.07) is 15.0. The molecule has 5 heteroatoms. The number of H-pyrrole nitrogens is 1. The molecular formula is C19H19N3O2. The number of carbonyl (C=O) groups excluding carboxylic acids is 1. The van der Waals surface area contributed by atoms with Crippen molar-refractivity contribution in [2.24, 2.45) is 0 Å². The molecule has 0 spiro atoms. The molecule has 0 atom stereocenters. The molecule has 0 bridgehead atoms. The topological polar surface area (TPSA) is 74.8 Å². The Bertz CT molecular complexity index is 927. The SMILES string of the molecule is CC(C)c1ccc(NC(=O)Cc2n[nH]c(=O)c3ccccc23)cc1. The fourth-order valence-corrected chi connectivity index (χ4v) is 2.61. The van der Waals surface area contributed by atoms with Crippen LogP contribution in [0.15, 0.2) is 53.3 Å². The van der Waals surface area contributed by atoms with Crippen molar-refractivity contribution in [2.75, 3.05) is 5.32 Å². The molecule has 24 heavy (non-hydrogen) atoms. The average molecular weight is 321 g/mol. The number of carbonyl (C=O) groups is 1. The molecule has 0 aliphatic heterocycles. The van der Waals surface area contributed by atoms with E-state index < -0.39 is 0 Å². The largest absolute Gasteiger partial charge is 0.326 e. The minimum atomic E-state index is -0.251. The standard InChI is InChI=1S/C19H19N3O2/c1-12(2)13-7-9-14(10-8-13)20-18(23)11-17-15-5-3-4-6-16(15)19(24)22-21-17/h3-10,12H,11H2,1-2H3,(H,20,23)(H,22,24). The maximum Gasteiger partial charge on any atom is 0.272 e. The molecule has 0 radical (unpaired) electrons. The molecule has 1 heterocycles. The van der Waals surface area contributed by atoms with Crippen LogP contribution in [0.1, 0.15) is 31.0 Å². The number of hydrogen-bond donors (Lipinski definition) is 2. The Morgan fingerprint density at radius 3 is 2.42 bits per heavy atom. The Balaban J connectivity index is 1.78. The van der Waals surface area contributed by atoms with Gasteiger partial charge < -0.3 is 5.32 Å². The highest BCUT2D eigenvalue weighted by Gasteiger charge is 2.11. The molecular weight excluding hydrogens is 302 g/mol. The smallest absolute Gasteiger partial charge is 0.272 e. The second kappa shape index (κ2) is 6.66. The first-order chi connectivity index (χ1) is 11.5. The fourth-order valence-electron chi connectivity index (χ4n) is 2.61. The molecule has 0 saturated carbocycles. The van der Waals surface area contributed by atoms with E-state index in [-0.39, 0.29) is 17.9 Å². The molecule has 1 aromatic heterocycles. The summed E-state index contributed by atoms with van der Waals surface area (Å²) in [5.41, 5.74) is 2.28. The number of hydrogen-bond acceptors (Lipinski definition) is 3. The quantitative estimate of drug-likeness (QED) is 0.774. The number of amides is 1. The molecule has 0 saturated heterocycles. The Hall–Kier alpha value is -2.95. The summed E-state index contributed by atoms with van der Waals surface area (Å²) < 4.78 is 0. The Morgan fingerprint density at radius 2 is 1.75 bits per heavy atom. The van der Waals surface area contributed by atoms with Crippen molar-refractivity contribution in [1.29, 1.82) is 0 Å². The van der Waals surface area contributed by atoms with Crippen molar-refractivity contribution in [1.82, 2.24) is 10.2 Å². The lowest BCUT2D eigenvalue weighted by Gasteiger charge is -2.09. The molecule has 0 unspecified atom stereocenters. The third kappa shape index (κ3) is 3.35. The molecule has 2 N–H and O–H groups in total. The van der Waals surface area contributed by atoms with Gasteiger partial charge in [0.2, 0.25) is 5.91 Å².